The molecule has 20 heavy (non-hydrogen) atoms. The van der Waals surface area contributed by atoms with E-state index in [0.717, 1.165) is 34.8 Å². The quantitative estimate of drug-likeness (QED) is 0.861. The summed E-state index contributed by atoms with van der Waals surface area (Å²) in [6.07, 6.45) is 4.23. The number of likely N-dealkylation sites (N-methyl/N-ethyl adjacent to an activating group) is 1. The summed E-state index contributed by atoms with van der Waals surface area (Å²) in [6, 6.07) is 5.77. The number of rotatable bonds is 4. The Morgan fingerprint density at radius 2 is 2.00 bits per heavy atom. The molecule has 0 saturated carbocycles. The van der Waals surface area contributed by atoms with Crippen molar-refractivity contribution < 1.29 is 0 Å². The topological polar surface area (TPSA) is 65.7 Å². The van der Waals surface area contributed by atoms with Crippen LogP contribution in [0, 0.1) is 18.3 Å². The third-order valence-corrected chi connectivity index (χ3v) is 3.34. The minimum Gasteiger partial charge on any atom is -0.359 e. The van der Waals surface area contributed by atoms with Crippen molar-refractivity contribution >= 4 is 21.7 Å². The van der Waals surface area contributed by atoms with Crippen LogP contribution < -0.4 is 4.90 Å². The van der Waals surface area contributed by atoms with Gasteiger partial charge in [-0.25, -0.2) is 15.0 Å². The maximum absolute atomic E-state index is 8.90. The summed E-state index contributed by atoms with van der Waals surface area (Å²) in [6.45, 7) is 2.60. The number of hydrogen-bond acceptors (Lipinski definition) is 5. The molecule has 2 rings (SSSR count). The number of hydrogen-bond donors (Lipinski definition) is 0. The van der Waals surface area contributed by atoms with Crippen molar-refractivity contribution in [1.29, 1.82) is 5.26 Å². The number of nitrogens with zero attached hydrogens (tertiary/aromatic N) is 5. The third-order valence-electron chi connectivity index (χ3n) is 2.93. The molecule has 2 aromatic heterocycles. The van der Waals surface area contributed by atoms with Crippen LogP contribution in [-0.2, 0) is 6.42 Å². The summed E-state index contributed by atoms with van der Waals surface area (Å²) in [5.41, 5.74) is 1.36. The van der Waals surface area contributed by atoms with Gasteiger partial charge in [0.05, 0.1) is 15.7 Å². The second-order valence-corrected chi connectivity index (χ2v) is 5.32. The molecule has 0 fully saturated rings. The summed E-state index contributed by atoms with van der Waals surface area (Å²) in [5, 5.41) is 8.90. The summed E-state index contributed by atoms with van der Waals surface area (Å²) < 4.78 is 0.874. The van der Waals surface area contributed by atoms with Crippen molar-refractivity contribution in [3.05, 3.63) is 46.1 Å². The molecule has 0 aromatic carbocycles. The van der Waals surface area contributed by atoms with E-state index in [-0.39, 0.29) is 0 Å². The van der Waals surface area contributed by atoms with Gasteiger partial charge in [-0.15, -0.1) is 0 Å². The predicted molar refractivity (Wildman–Crippen MR) is 80.4 cm³/mol. The van der Waals surface area contributed by atoms with Gasteiger partial charge in [0.1, 0.15) is 17.7 Å². The van der Waals surface area contributed by atoms with E-state index in [2.05, 4.69) is 37.0 Å². The molecule has 6 heteroatoms. The molecule has 0 N–H and O–H groups in total. The van der Waals surface area contributed by atoms with Crippen LogP contribution >= 0.6 is 15.9 Å². The fraction of sp³-hybridized carbons (Fsp3) is 0.286. The molecule has 0 spiro atoms. The van der Waals surface area contributed by atoms with E-state index in [1.54, 1.807) is 18.5 Å². The molecule has 2 heterocycles. The van der Waals surface area contributed by atoms with Crippen molar-refractivity contribution in [3.63, 3.8) is 0 Å². The molecule has 0 bridgehead atoms. The summed E-state index contributed by atoms with van der Waals surface area (Å²) in [5.74, 6) is 1.64. The van der Waals surface area contributed by atoms with Crippen molar-refractivity contribution in [2.24, 2.45) is 0 Å². The monoisotopic (exact) mass is 331 g/mol. The number of nitriles is 1. The SMILES string of the molecule is Cc1nc(N(C)CCc2ncc(Br)cn2)ccc1C#N. The summed E-state index contributed by atoms with van der Waals surface area (Å²) >= 11 is 3.31. The van der Waals surface area contributed by atoms with Crippen molar-refractivity contribution in [2.75, 3.05) is 18.5 Å². The molecule has 0 aliphatic rings. The Bertz CT molecular complexity index is 633. The van der Waals surface area contributed by atoms with Crippen molar-refractivity contribution in [1.82, 2.24) is 15.0 Å². The van der Waals surface area contributed by atoms with Crippen molar-refractivity contribution in [2.45, 2.75) is 13.3 Å². The Labute approximate surface area is 126 Å². The van der Waals surface area contributed by atoms with E-state index in [0.29, 0.717) is 5.56 Å². The van der Waals surface area contributed by atoms with Crippen LogP contribution in [0.1, 0.15) is 17.1 Å². The van der Waals surface area contributed by atoms with Crippen LogP contribution in [0.4, 0.5) is 5.82 Å². The molecule has 0 amide bonds. The minimum atomic E-state index is 0.610. The van der Waals surface area contributed by atoms with Crippen LogP contribution in [0.5, 0.6) is 0 Å². The minimum absolute atomic E-state index is 0.610. The Hall–Kier alpha value is -2.00. The zero-order valence-corrected chi connectivity index (χ0v) is 12.9. The fourth-order valence-corrected chi connectivity index (χ4v) is 1.93. The van der Waals surface area contributed by atoms with Gasteiger partial charge in [-0.05, 0) is 35.0 Å². The first-order chi connectivity index (χ1) is 9.60. The lowest BCUT2D eigenvalue weighted by molar-refractivity contribution is 0.805. The first-order valence-electron chi connectivity index (χ1n) is 6.15. The van der Waals surface area contributed by atoms with Gasteiger partial charge in [-0.3, -0.25) is 0 Å². The third kappa shape index (κ3) is 3.52. The number of anilines is 1. The molecule has 5 nitrogen and oxygen atoms in total. The van der Waals surface area contributed by atoms with Gasteiger partial charge < -0.3 is 4.90 Å². The summed E-state index contributed by atoms with van der Waals surface area (Å²) in [4.78, 5) is 14.9. The van der Waals surface area contributed by atoms with Gasteiger partial charge in [0.15, 0.2) is 0 Å². The molecular formula is C14H14BrN5. The van der Waals surface area contributed by atoms with Gasteiger partial charge in [0.25, 0.3) is 0 Å². The van der Waals surface area contributed by atoms with Crippen LogP contribution in [0.3, 0.4) is 0 Å². The maximum Gasteiger partial charge on any atom is 0.130 e. The first-order valence-corrected chi connectivity index (χ1v) is 6.95. The number of aromatic nitrogens is 3. The van der Waals surface area contributed by atoms with E-state index in [1.165, 1.54) is 0 Å². The Balaban J connectivity index is 2.01. The second kappa shape index (κ2) is 6.44. The van der Waals surface area contributed by atoms with Crippen molar-refractivity contribution in [3.8, 4) is 6.07 Å². The lowest BCUT2D eigenvalue weighted by Gasteiger charge is -2.18. The zero-order chi connectivity index (χ0) is 14.5. The normalized spacial score (nSPS) is 10.1. The average molecular weight is 332 g/mol. The van der Waals surface area contributed by atoms with Crippen LogP contribution in [0.2, 0.25) is 0 Å². The molecular weight excluding hydrogens is 318 g/mol. The zero-order valence-electron chi connectivity index (χ0n) is 11.3. The van der Waals surface area contributed by atoms with Crippen LogP contribution in [-0.4, -0.2) is 28.5 Å². The highest BCUT2D eigenvalue weighted by molar-refractivity contribution is 9.10. The molecule has 0 aliphatic carbocycles. The number of halogens is 1. The Kier molecular flexibility index (Phi) is 4.64. The standard InChI is InChI=1S/C14H14BrN5/c1-10-11(7-16)3-4-14(19-10)20(2)6-5-13-17-8-12(15)9-18-13/h3-4,8-9H,5-6H2,1-2H3. The molecule has 0 saturated heterocycles. The summed E-state index contributed by atoms with van der Waals surface area (Å²) in [7, 11) is 1.96. The Morgan fingerprint density at radius 1 is 1.30 bits per heavy atom. The lowest BCUT2D eigenvalue weighted by atomic mass is 10.2. The van der Waals surface area contributed by atoms with E-state index in [9.17, 15) is 0 Å². The van der Waals surface area contributed by atoms with E-state index >= 15 is 0 Å². The van der Waals surface area contributed by atoms with Crippen LogP contribution in [0.25, 0.3) is 0 Å². The lowest BCUT2D eigenvalue weighted by Crippen LogP contribution is -2.22. The fourth-order valence-electron chi connectivity index (χ4n) is 1.73. The van der Waals surface area contributed by atoms with Crippen LogP contribution in [0.15, 0.2) is 29.0 Å². The van der Waals surface area contributed by atoms with Gasteiger partial charge in [0.2, 0.25) is 0 Å². The van der Waals surface area contributed by atoms with Gasteiger partial charge in [0, 0.05) is 32.4 Å². The van der Waals surface area contributed by atoms with E-state index in [1.807, 2.05) is 24.9 Å². The van der Waals surface area contributed by atoms with Gasteiger partial charge in [-0.1, -0.05) is 0 Å². The van der Waals surface area contributed by atoms with Gasteiger partial charge >= 0.3 is 0 Å². The molecule has 102 valence electrons. The Morgan fingerprint density at radius 3 is 2.60 bits per heavy atom. The highest BCUT2D eigenvalue weighted by Crippen LogP contribution is 2.13. The molecule has 0 aliphatic heterocycles. The number of pyridine rings is 1. The van der Waals surface area contributed by atoms with Gasteiger partial charge in [-0.2, -0.15) is 5.26 Å². The average Bonchev–Trinajstić information content (AvgIpc) is 2.46. The highest BCUT2D eigenvalue weighted by Gasteiger charge is 2.06. The smallest absolute Gasteiger partial charge is 0.130 e. The predicted octanol–water partition coefficient (Wildman–Crippen LogP) is 2.49. The maximum atomic E-state index is 8.90. The second-order valence-electron chi connectivity index (χ2n) is 4.40. The number of aryl methyl sites for hydroxylation is 1. The highest BCUT2D eigenvalue weighted by atomic mass is 79.9. The molecule has 0 unspecified atom stereocenters. The molecule has 0 atom stereocenters. The van der Waals surface area contributed by atoms with E-state index < -0.39 is 0 Å². The molecule has 0 radical (unpaired) electrons. The first kappa shape index (κ1) is 14.4. The van der Waals surface area contributed by atoms with E-state index in [4.69, 9.17) is 5.26 Å². The largest absolute Gasteiger partial charge is 0.359 e. The molecule has 2 aromatic rings.